The van der Waals surface area contributed by atoms with E-state index in [2.05, 4.69) is 15.3 Å². The van der Waals surface area contributed by atoms with Crippen molar-refractivity contribution in [2.45, 2.75) is 20.5 Å². The van der Waals surface area contributed by atoms with Crippen LogP contribution in [0, 0.1) is 5.82 Å². The number of carbonyl (C=O) groups excluding carboxylic acids is 1. The number of anilines is 1. The van der Waals surface area contributed by atoms with Crippen LogP contribution in [0.5, 0.6) is 5.88 Å². The smallest absolute Gasteiger partial charge is 0.232 e. The van der Waals surface area contributed by atoms with Crippen molar-refractivity contribution in [3.63, 3.8) is 0 Å². The van der Waals surface area contributed by atoms with E-state index < -0.39 is 0 Å². The first-order valence-electron chi connectivity index (χ1n) is 9.98. The molecular weight excluding hydrogens is 393 g/mol. The summed E-state index contributed by atoms with van der Waals surface area (Å²) in [4.78, 5) is 18.3. The standard InChI is InChI=1S/C12H12FN3O.C11H8O.C2H6/c1-14-10-2-3-11(13)9(6-10)8-17-12-7-15-4-5-16-12;12-8-9-5-6-10-3-1-2-4-11(10)7-9;1-2/h2-7,14H,8H2,1H3;1-8H;1-2H3. The van der Waals surface area contributed by atoms with Gasteiger partial charge in [-0.15, -0.1) is 0 Å². The summed E-state index contributed by atoms with van der Waals surface area (Å²) in [6.07, 6.45) is 5.43. The molecule has 1 N–H and O–H groups in total. The summed E-state index contributed by atoms with van der Waals surface area (Å²) in [5, 5.41) is 5.23. The highest BCUT2D eigenvalue weighted by atomic mass is 19.1. The van der Waals surface area contributed by atoms with Gasteiger partial charge in [0, 0.05) is 36.3 Å². The highest BCUT2D eigenvalue weighted by Gasteiger charge is 2.04. The van der Waals surface area contributed by atoms with Gasteiger partial charge in [-0.05, 0) is 35.0 Å². The molecule has 0 aliphatic heterocycles. The van der Waals surface area contributed by atoms with E-state index in [9.17, 15) is 9.18 Å². The number of rotatable bonds is 5. The van der Waals surface area contributed by atoms with Crippen LogP contribution < -0.4 is 10.1 Å². The third-order valence-electron chi connectivity index (χ3n) is 4.16. The maximum Gasteiger partial charge on any atom is 0.232 e. The molecule has 0 unspecified atom stereocenters. The Balaban J connectivity index is 0.000000214. The average Bonchev–Trinajstić information content (AvgIpc) is 2.85. The second-order valence-electron chi connectivity index (χ2n) is 6.11. The highest BCUT2D eigenvalue weighted by Crippen LogP contribution is 2.16. The number of ether oxygens (including phenoxy) is 1. The van der Waals surface area contributed by atoms with Crippen molar-refractivity contribution in [2.24, 2.45) is 0 Å². The number of nitrogens with zero attached hydrogens (tertiary/aromatic N) is 2. The second kappa shape index (κ2) is 12.7. The minimum Gasteiger partial charge on any atom is -0.472 e. The Hall–Kier alpha value is -3.80. The number of aromatic nitrogens is 2. The molecule has 0 radical (unpaired) electrons. The number of benzene rings is 3. The zero-order chi connectivity index (χ0) is 22.5. The van der Waals surface area contributed by atoms with Crippen molar-refractivity contribution < 1.29 is 13.9 Å². The molecule has 31 heavy (non-hydrogen) atoms. The molecule has 3 aromatic carbocycles. The largest absolute Gasteiger partial charge is 0.472 e. The predicted octanol–water partition coefficient (Wildman–Crippen LogP) is 5.91. The summed E-state index contributed by atoms with van der Waals surface area (Å²) in [7, 11) is 1.78. The van der Waals surface area contributed by atoms with Crippen molar-refractivity contribution in [3.8, 4) is 5.88 Å². The van der Waals surface area contributed by atoms with Crippen LogP contribution in [0.15, 0.2) is 79.3 Å². The van der Waals surface area contributed by atoms with Gasteiger partial charge in [0.05, 0.1) is 6.20 Å². The monoisotopic (exact) mass is 419 g/mol. The molecule has 0 aliphatic rings. The molecule has 0 saturated heterocycles. The number of hydrogen-bond acceptors (Lipinski definition) is 5. The Morgan fingerprint density at radius 1 is 1.00 bits per heavy atom. The summed E-state index contributed by atoms with van der Waals surface area (Å²) >= 11 is 0. The van der Waals surface area contributed by atoms with E-state index in [-0.39, 0.29) is 12.4 Å². The third kappa shape index (κ3) is 7.19. The van der Waals surface area contributed by atoms with Gasteiger partial charge in [0.25, 0.3) is 0 Å². The quantitative estimate of drug-likeness (QED) is 0.407. The van der Waals surface area contributed by atoms with Crippen LogP contribution in [0.4, 0.5) is 10.1 Å². The van der Waals surface area contributed by atoms with Crippen LogP contribution in [0.1, 0.15) is 29.8 Å². The van der Waals surface area contributed by atoms with Gasteiger partial charge in [0.15, 0.2) is 0 Å². The first-order chi connectivity index (χ1) is 15.2. The van der Waals surface area contributed by atoms with Crippen LogP contribution in [-0.4, -0.2) is 23.3 Å². The maximum absolute atomic E-state index is 13.5. The van der Waals surface area contributed by atoms with Crippen LogP contribution in [-0.2, 0) is 6.61 Å². The van der Waals surface area contributed by atoms with Crippen molar-refractivity contribution >= 4 is 22.7 Å². The second-order valence-corrected chi connectivity index (χ2v) is 6.11. The number of aldehydes is 1. The number of halogens is 1. The summed E-state index contributed by atoms with van der Waals surface area (Å²) in [5.74, 6) is 0.0784. The van der Waals surface area contributed by atoms with Gasteiger partial charge in [-0.1, -0.05) is 50.2 Å². The normalized spacial score (nSPS) is 9.55. The van der Waals surface area contributed by atoms with Crippen molar-refractivity contribution in [3.05, 3.63) is 96.2 Å². The minimum atomic E-state index is -0.298. The molecule has 0 amide bonds. The van der Waals surface area contributed by atoms with E-state index in [0.29, 0.717) is 11.4 Å². The molecule has 0 bridgehead atoms. The maximum atomic E-state index is 13.5. The van der Waals surface area contributed by atoms with E-state index in [4.69, 9.17) is 4.74 Å². The summed E-state index contributed by atoms with van der Waals surface area (Å²) in [5.41, 5.74) is 2.04. The van der Waals surface area contributed by atoms with Crippen molar-refractivity contribution in [1.82, 2.24) is 9.97 Å². The molecule has 0 saturated carbocycles. The van der Waals surface area contributed by atoms with Crippen molar-refractivity contribution in [2.75, 3.05) is 12.4 Å². The number of nitrogens with one attached hydrogen (secondary N) is 1. The molecular formula is C25H26FN3O2. The Labute approximate surface area is 181 Å². The van der Waals surface area contributed by atoms with Gasteiger partial charge in [-0.2, -0.15) is 0 Å². The van der Waals surface area contributed by atoms with Gasteiger partial charge >= 0.3 is 0 Å². The lowest BCUT2D eigenvalue weighted by Gasteiger charge is -2.07. The average molecular weight is 420 g/mol. The fraction of sp³-hybridized carbons (Fsp3) is 0.160. The molecule has 0 aliphatic carbocycles. The molecule has 4 rings (SSSR count). The fourth-order valence-electron chi connectivity index (χ4n) is 2.63. The van der Waals surface area contributed by atoms with E-state index in [0.717, 1.165) is 22.9 Å². The van der Waals surface area contributed by atoms with E-state index in [1.54, 1.807) is 25.4 Å². The Bertz CT molecular complexity index is 1090. The highest BCUT2D eigenvalue weighted by molar-refractivity contribution is 5.88. The van der Waals surface area contributed by atoms with Crippen LogP contribution >= 0.6 is 0 Å². The molecule has 6 heteroatoms. The van der Waals surface area contributed by atoms with Gasteiger partial charge in [-0.25, -0.2) is 9.37 Å². The molecule has 0 atom stereocenters. The fourth-order valence-corrected chi connectivity index (χ4v) is 2.63. The Morgan fingerprint density at radius 3 is 2.45 bits per heavy atom. The lowest BCUT2D eigenvalue weighted by Crippen LogP contribution is -2.01. The van der Waals surface area contributed by atoms with E-state index in [1.807, 2.05) is 56.3 Å². The molecule has 1 heterocycles. The summed E-state index contributed by atoms with van der Waals surface area (Å²) < 4.78 is 18.8. The number of hydrogen-bond donors (Lipinski definition) is 1. The molecule has 0 fully saturated rings. The zero-order valence-corrected chi connectivity index (χ0v) is 17.9. The SMILES string of the molecule is CC.CNc1ccc(F)c(COc2cnccn2)c1.O=Cc1ccc2ccccc2c1. The first-order valence-corrected chi connectivity index (χ1v) is 9.98. The van der Waals surface area contributed by atoms with Gasteiger partial charge in [0.2, 0.25) is 5.88 Å². The van der Waals surface area contributed by atoms with E-state index in [1.165, 1.54) is 23.8 Å². The van der Waals surface area contributed by atoms with Gasteiger partial charge < -0.3 is 10.1 Å². The van der Waals surface area contributed by atoms with Crippen LogP contribution in [0.2, 0.25) is 0 Å². The topological polar surface area (TPSA) is 64.1 Å². The van der Waals surface area contributed by atoms with E-state index >= 15 is 0 Å². The zero-order valence-electron chi connectivity index (χ0n) is 17.9. The third-order valence-corrected chi connectivity index (χ3v) is 4.16. The van der Waals surface area contributed by atoms with Gasteiger partial charge in [-0.3, -0.25) is 9.78 Å². The number of fused-ring (bicyclic) bond motifs is 1. The lowest BCUT2D eigenvalue weighted by atomic mass is 10.1. The first kappa shape index (κ1) is 23.5. The van der Waals surface area contributed by atoms with Crippen molar-refractivity contribution in [1.29, 1.82) is 0 Å². The molecule has 5 nitrogen and oxygen atoms in total. The lowest BCUT2D eigenvalue weighted by molar-refractivity contribution is 0.112. The predicted molar refractivity (Wildman–Crippen MR) is 123 cm³/mol. The number of carbonyl (C=O) groups is 1. The Kier molecular flexibility index (Phi) is 9.62. The molecule has 160 valence electrons. The molecule has 4 aromatic rings. The molecule has 1 aromatic heterocycles. The van der Waals surface area contributed by atoms with Crippen LogP contribution in [0.3, 0.4) is 0 Å². The minimum absolute atomic E-state index is 0.125. The molecule has 0 spiro atoms. The Morgan fingerprint density at radius 2 is 1.77 bits per heavy atom. The van der Waals surface area contributed by atoms with Crippen LogP contribution in [0.25, 0.3) is 10.8 Å². The summed E-state index contributed by atoms with van der Waals surface area (Å²) in [6.45, 7) is 4.13. The van der Waals surface area contributed by atoms with Gasteiger partial charge in [0.1, 0.15) is 18.7 Å². The summed E-state index contributed by atoms with van der Waals surface area (Å²) in [6, 6.07) is 18.4.